The first-order valence-corrected chi connectivity index (χ1v) is 6.84. The SMILES string of the molecule is C#CCNC(=O)C(NC(=O)c1ccccc1)c1ccccc1. The largest absolute Gasteiger partial charge is 0.343 e. The summed E-state index contributed by atoms with van der Waals surface area (Å²) in [6.07, 6.45) is 5.16. The third kappa shape index (κ3) is 3.97. The molecule has 1 unspecified atom stereocenters. The number of carbonyl (C=O) groups excluding carboxylic acids is 2. The molecular weight excluding hydrogens is 276 g/mol. The second-order valence-electron chi connectivity index (χ2n) is 4.61. The Bertz CT molecular complexity index is 675. The molecule has 0 saturated heterocycles. The van der Waals surface area contributed by atoms with Gasteiger partial charge in [-0.15, -0.1) is 6.42 Å². The van der Waals surface area contributed by atoms with Crippen molar-refractivity contribution >= 4 is 11.8 Å². The maximum absolute atomic E-state index is 12.3. The molecule has 0 aliphatic heterocycles. The van der Waals surface area contributed by atoms with Crippen molar-refractivity contribution in [3.63, 3.8) is 0 Å². The Balaban J connectivity index is 2.20. The summed E-state index contributed by atoms with van der Waals surface area (Å²) in [6.45, 7) is 0.114. The molecule has 4 nitrogen and oxygen atoms in total. The first-order chi connectivity index (χ1) is 10.7. The fraction of sp³-hybridized carbons (Fsp3) is 0.111. The smallest absolute Gasteiger partial charge is 0.252 e. The van der Waals surface area contributed by atoms with Gasteiger partial charge in [0, 0.05) is 5.56 Å². The van der Waals surface area contributed by atoms with E-state index in [9.17, 15) is 9.59 Å². The molecule has 0 heterocycles. The van der Waals surface area contributed by atoms with Gasteiger partial charge in [0.2, 0.25) is 5.91 Å². The highest BCUT2D eigenvalue weighted by Crippen LogP contribution is 2.14. The van der Waals surface area contributed by atoms with Crippen molar-refractivity contribution in [2.24, 2.45) is 0 Å². The summed E-state index contributed by atoms with van der Waals surface area (Å²) < 4.78 is 0. The molecule has 0 aliphatic carbocycles. The highest BCUT2D eigenvalue weighted by atomic mass is 16.2. The van der Waals surface area contributed by atoms with Crippen LogP contribution in [0.3, 0.4) is 0 Å². The van der Waals surface area contributed by atoms with Gasteiger partial charge in [-0.25, -0.2) is 0 Å². The number of benzene rings is 2. The van der Waals surface area contributed by atoms with E-state index in [1.807, 2.05) is 24.3 Å². The van der Waals surface area contributed by atoms with Gasteiger partial charge in [-0.2, -0.15) is 0 Å². The van der Waals surface area contributed by atoms with Gasteiger partial charge < -0.3 is 10.6 Å². The molecule has 2 rings (SSSR count). The highest BCUT2D eigenvalue weighted by molar-refractivity contribution is 5.97. The van der Waals surface area contributed by atoms with Crippen LogP contribution in [0, 0.1) is 12.3 Å². The fourth-order valence-electron chi connectivity index (χ4n) is 1.99. The third-order valence-corrected chi connectivity index (χ3v) is 3.07. The Labute approximate surface area is 129 Å². The van der Waals surface area contributed by atoms with Gasteiger partial charge >= 0.3 is 0 Å². The minimum Gasteiger partial charge on any atom is -0.343 e. The second kappa shape index (κ2) is 7.65. The van der Waals surface area contributed by atoms with Crippen LogP contribution in [0.1, 0.15) is 22.0 Å². The van der Waals surface area contributed by atoms with Crippen LogP contribution < -0.4 is 10.6 Å². The number of rotatable bonds is 5. The van der Waals surface area contributed by atoms with Gasteiger partial charge in [0.25, 0.3) is 5.91 Å². The van der Waals surface area contributed by atoms with E-state index in [0.29, 0.717) is 11.1 Å². The average molecular weight is 292 g/mol. The van der Waals surface area contributed by atoms with Crippen molar-refractivity contribution in [3.8, 4) is 12.3 Å². The van der Waals surface area contributed by atoms with Gasteiger partial charge in [-0.05, 0) is 17.7 Å². The predicted octanol–water partition coefficient (Wildman–Crippen LogP) is 1.91. The number of hydrogen-bond acceptors (Lipinski definition) is 2. The molecule has 2 aromatic rings. The normalized spacial score (nSPS) is 11.0. The second-order valence-corrected chi connectivity index (χ2v) is 4.61. The van der Waals surface area contributed by atoms with Crippen LogP contribution in [0.15, 0.2) is 60.7 Å². The summed E-state index contributed by atoms with van der Waals surface area (Å²) in [5, 5.41) is 5.34. The Morgan fingerprint density at radius 3 is 2.18 bits per heavy atom. The minimum atomic E-state index is -0.790. The van der Waals surface area contributed by atoms with E-state index < -0.39 is 6.04 Å². The fourth-order valence-corrected chi connectivity index (χ4v) is 1.99. The van der Waals surface area contributed by atoms with Gasteiger partial charge in [-0.1, -0.05) is 54.5 Å². The van der Waals surface area contributed by atoms with Crippen molar-refractivity contribution in [1.82, 2.24) is 10.6 Å². The molecule has 1 atom stereocenters. The van der Waals surface area contributed by atoms with Gasteiger partial charge in [0.1, 0.15) is 6.04 Å². The summed E-state index contributed by atoms with van der Waals surface area (Å²) in [7, 11) is 0. The molecule has 2 N–H and O–H groups in total. The van der Waals surface area contributed by atoms with E-state index in [1.54, 1.807) is 36.4 Å². The average Bonchev–Trinajstić information content (AvgIpc) is 2.59. The number of nitrogens with one attached hydrogen (secondary N) is 2. The maximum atomic E-state index is 12.3. The third-order valence-electron chi connectivity index (χ3n) is 3.07. The molecule has 0 spiro atoms. The molecule has 4 heteroatoms. The molecule has 22 heavy (non-hydrogen) atoms. The summed E-state index contributed by atoms with van der Waals surface area (Å²) in [6, 6.07) is 17.0. The molecule has 2 aromatic carbocycles. The lowest BCUT2D eigenvalue weighted by atomic mass is 10.1. The first kappa shape index (κ1) is 15.3. The Morgan fingerprint density at radius 1 is 1.00 bits per heavy atom. The maximum Gasteiger partial charge on any atom is 0.252 e. The summed E-state index contributed by atoms with van der Waals surface area (Å²) in [4.78, 5) is 24.5. The monoisotopic (exact) mass is 292 g/mol. The zero-order valence-corrected chi connectivity index (χ0v) is 12.0. The topological polar surface area (TPSA) is 58.2 Å². The lowest BCUT2D eigenvalue weighted by molar-refractivity contribution is -0.122. The summed E-state index contributed by atoms with van der Waals surface area (Å²) in [5.74, 6) is 1.69. The molecular formula is C18H16N2O2. The summed E-state index contributed by atoms with van der Waals surface area (Å²) in [5.41, 5.74) is 1.19. The van der Waals surface area contributed by atoms with Crippen LogP contribution in [0.5, 0.6) is 0 Å². The molecule has 2 amide bonds. The van der Waals surface area contributed by atoms with Crippen LogP contribution in [0.4, 0.5) is 0 Å². The zero-order chi connectivity index (χ0) is 15.8. The van der Waals surface area contributed by atoms with E-state index in [0.717, 1.165) is 0 Å². The van der Waals surface area contributed by atoms with Crippen molar-refractivity contribution in [1.29, 1.82) is 0 Å². The van der Waals surface area contributed by atoms with Crippen LogP contribution in [0.2, 0.25) is 0 Å². The molecule has 0 radical (unpaired) electrons. The van der Waals surface area contributed by atoms with Crippen molar-refractivity contribution in [2.45, 2.75) is 6.04 Å². The van der Waals surface area contributed by atoms with E-state index in [4.69, 9.17) is 6.42 Å². The first-order valence-electron chi connectivity index (χ1n) is 6.84. The Hall–Kier alpha value is -3.06. The predicted molar refractivity (Wildman–Crippen MR) is 84.9 cm³/mol. The van der Waals surface area contributed by atoms with Crippen molar-refractivity contribution in [3.05, 3.63) is 71.8 Å². The molecule has 0 aromatic heterocycles. The van der Waals surface area contributed by atoms with Gasteiger partial charge in [0.05, 0.1) is 6.54 Å². The van der Waals surface area contributed by atoms with E-state index >= 15 is 0 Å². The van der Waals surface area contributed by atoms with E-state index in [-0.39, 0.29) is 18.4 Å². The van der Waals surface area contributed by atoms with Crippen LogP contribution in [-0.4, -0.2) is 18.4 Å². The van der Waals surface area contributed by atoms with Gasteiger partial charge in [-0.3, -0.25) is 9.59 Å². The zero-order valence-electron chi connectivity index (χ0n) is 12.0. The minimum absolute atomic E-state index is 0.114. The Kier molecular flexibility index (Phi) is 5.33. The van der Waals surface area contributed by atoms with Crippen LogP contribution in [-0.2, 0) is 4.79 Å². The molecule has 0 aliphatic rings. The molecule has 0 saturated carbocycles. The molecule has 0 fully saturated rings. The standard InChI is InChI=1S/C18H16N2O2/c1-2-13-19-18(22)16(14-9-5-3-6-10-14)20-17(21)15-11-7-4-8-12-15/h1,3-12,16H,13H2,(H,19,22)(H,20,21). The molecule has 0 bridgehead atoms. The van der Waals surface area contributed by atoms with E-state index in [1.165, 1.54) is 0 Å². The van der Waals surface area contributed by atoms with Crippen LogP contribution >= 0.6 is 0 Å². The Morgan fingerprint density at radius 2 is 1.59 bits per heavy atom. The lowest BCUT2D eigenvalue weighted by Crippen LogP contribution is -2.40. The quantitative estimate of drug-likeness (QED) is 0.827. The van der Waals surface area contributed by atoms with Gasteiger partial charge in [0.15, 0.2) is 0 Å². The van der Waals surface area contributed by atoms with Crippen LogP contribution in [0.25, 0.3) is 0 Å². The number of terminal acetylenes is 1. The van der Waals surface area contributed by atoms with Crippen molar-refractivity contribution < 1.29 is 9.59 Å². The summed E-state index contributed by atoms with van der Waals surface area (Å²) >= 11 is 0. The highest BCUT2D eigenvalue weighted by Gasteiger charge is 2.22. The molecule has 110 valence electrons. The lowest BCUT2D eigenvalue weighted by Gasteiger charge is -2.18. The number of carbonyl (C=O) groups is 2. The van der Waals surface area contributed by atoms with Crippen molar-refractivity contribution in [2.75, 3.05) is 6.54 Å². The number of amides is 2. The van der Waals surface area contributed by atoms with E-state index in [2.05, 4.69) is 16.6 Å². The number of hydrogen-bond donors (Lipinski definition) is 2.